The van der Waals surface area contributed by atoms with Crippen molar-refractivity contribution >= 4 is 29.9 Å². The lowest BCUT2D eigenvalue weighted by Crippen LogP contribution is -2.41. The second kappa shape index (κ2) is 11.6. The van der Waals surface area contributed by atoms with Gasteiger partial charge in [0.1, 0.15) is 0 Å². The number of alkyl halides is 3. The first kappa shape index (κ1) is 23.0. The molecule has 0 aliphatic carbocycles. The number of rotatable bonds is 7. The van der Waals surface area contributed by atoms with E-state index in [1.807, 2.05) is 6.07 Å². The quantitative estimate of drug-likeness (QED) is 0.355. The Labute approximate surface area is 170 Å². The summed E-state index contributed by atoms with van der Waals surface area (Å²) in [5, 5.41) is 5.85. The Morgan fingerprint density at radius 3 is 2.62 bits per heavy atom. The van der Waals surface area contributed by atoms with Crippen LogP contribution in [0.2, 0.25) is 0 Å². The van der Waals surface area contributed by atoms with Gasteiger partial charge in [-0.05, 0) is 30.9 Å². The lowest BCUT2D eigenvalue weighted by atomic mass is 10.1. The summed E-state index contributed by atoms with van der Waals surface area (Å²) in [5.41, 5.74) is 1.35. The van der Waals surface area contributed by atoms with E-state index in [0.717, 1.165) is 39.0 Å². The third-order valence-corrected chi connectivity index (χ3v) is 4.41. The summed E-state index contributed by atoms with van der Waals surface area (Å²) >= 11 is 0. The molecule has 148 valence electrons. The van der Waals surface area contributed by atoms with Crippen LogP contribution in [-0.2, 0) is 6.42 Å². The number of hydrogen-bond acceptors (Lipinski definition) is 2. The van der Waals surface area contributed by atoms with Crippen LogP contribution < -0.4 is 10.6 Å². The average Bonchev–Trinajstić information content (AvgIpc) is 3.04. The van der Waals surface area contributed by atoms with Crippen LogP contribution in [0.1, 0.15) is 18.4 Å². The Morgan fingerprint density at radius 2 is 1.96 bits per heavy atom. The van der Waals surface area contributed by atoms with Gasteiger partial charge in [-0.15, -0.1) is 24.0 Å². The van der Waals surface area contributed by atoms with Gasteiger partial charge in [-0.25, -0.2) is 0 Å². The highest BCUT2D eigenvalue weighted by molar-refractivity contribution is 14.0. The van der Waals surface area contributed by atoms with Gasteiger partial charge >= 0.3 is 6.18 Å². The zero-order valence-corrected chi connectivity index (χ0v) is 17.4. The molecule has 0 amide bonds. The van der Waals surface area contributed by atoms with Gasteiger partial charge in [0.05, 0.1) is 6.42 Å². The smallest absolute Gasteiger partial charge is 0.356 e. The molecule has 0 bridgehead atoms. The maximum atomic E-state index is 12.2. The first-order valence-corrected chi connectivity index (χ1v) is 8.74. The van der Waals surface area contributed by atoms with E-state index in [1.165, 1.54) is 5.56 Å². The highest BCUT2D eigenvalue weighted by atomic mass is 127. The molecule has 2 rings (SSSR count). The highest BCUT2D eigenvalue weighted by Gasteiger charge is 2.26. The van der Waals surface area contributed by atoms with E-state index in [-0.39, 0.29) is 30.5 Å². The van der Waals surface area contributed by atoms with Crippen LogP contribution in [0.5, 0.6) is 0 Å². The van der Waals surface area contributed by atoms with Crippen LogP contribution in [0, 0.1) is 5.92 Å². The Bertz CT molecular complexity index is 537. The van der Waals surface area contributed by atoms with Crippen molar-refractivity contribution in [2.24, 2.45) is 10.9 Å². The van der Waals surface area contributed by atoms with Crippen LogP contribution >= 0.6 is 24.0 Å². The second-order valence-corrected chi connectivity index (χ2v) is 6.44. The number of aliphatic imine (C=N–C) groups is 1. The van der Waals surface area contributed by atoms with Gasteiger partial charge in [0.15, 0.2) is 5.96 Å². The van der Waals surface area contributed by atoms with Crippen molar-refractivity contribution in [3.63, 3.8) is 0 Å². The monoisotopic (exact) mass is 484 g/mol. The van der Waals surface area contributed by atoms with Crippen molar-refractivity contribution in [2.75, 3.05) is 39.8 Å². The number of halogens is 4. The summed E-state index contributed by atoms with van der Waals surface area (Å²) in [6, 6.07) is 10.4. The molecule has 1 aromatic carbocycles. The summed E-state index contributed by atoms with van der Waals surface area (Å²) in [6.07, 6.45) is -2.86. The summed E-state index contributed by atoms with van der Waals surface area (Å²) in [5.74, 6) is 0.934. The van der Waals surface area contributed by atoms with Crippen molar-refractivity contribution in [1.82, 2.24) is 15.5 Å². The van der Waals surface area contributed by atoms with E-state index >= 15 is 0 Å². The van der Waals surface area contributed by atoms with Crippen LogP contribution in [0.25, 0.3) is 0 Å². The molecule has 1 aromatic rings. The minimum atomic E-state index is -4.14. The van der Waals surface area contributed by atoms with Gasteiger partial charge in [0, 0.05) is 33.2 Å². The third-order valence-electron chi connectivity index (χ3n) is 4.41. The minimum absolute atomic E-state index is 0. The van der Waals surface area contributed by atoms with Crippen molar-refractivity contribution in [3.8, 4) is 0 Å². The summed E-state index contributed by atoms with van der Waals surface area (Å²) in [4.78, 5) is 6.42. The van der Waals surface area contributed by atoms with Gasteiger partial charge in [0.25, 0.3) is 0 Å². The predicted octanol–water partition coefficient (Wildman–Crippen LogP) is 3.29. The molecule has 1 atom stereocenters. The molecule has 1 heterocycles. The van der Waals surface area contributed by atoms with Crippen molar-refractivity contribution < 1.29 is 13.2 Å². The molecule has 1 unspecified atom stereocenters. The molecular formula is C18H28F3IN4. The topological polar surface area (TPSA) is 39.7 Å². The number of guanidine groups is 1. The fourth-order valence-electron chi connectivity index (χ4n) is 3.00. The molecule has 1 saturated heterocycles. The lowest BCUT2D eigenvalue weighted by Gasteiger charge is -2.18. The first-order valence-electron chi connectivity index (χ1n) is 8.74. The van der Waals surface area contributed by atoms with Crippen LogP contribution in [0.15, 0.2) is 35.3 Å². The van der Waals surface area contributed by atoms with E-state index in [2.05, 4.69) is 44.8 Å². The van der Waals surface area contributed by atoms with Gasteiger partial charge in [0.2, 0.25) is 0 Å². The molecule has 0 aromatic heterocycles. The van der Waals surface area contributed by atoms with E-state index < -0.39 is 12.6 Å². The zero-order chi connectivity index (χ0) is 18.1. The predicted molar refractivity (Wildman–Crippen MR) is 110 cm³/mol. The summed E-state index contributed by atoms with van der Waals surface area (Å²) < 4.78 is 36.5. The number of likely N-dealkylation sites (tertiary alicyclic amines) is 1. The third kappa shape index (κ3) is 9.07. The first-order chi connectivity index (χ1) is 12.0. The fraction of sp³-hybridized carbons (Fsp3) is 0.611. The van der Waals surface area contributed by atoms with E-state index in [1.54, 1.807) is 7.05 Å². The molecule has 0 radical (unpaired) electrons. The van der Waals surface area contributed by atoms with Gasteiger partial charge in [-0.2, -0.15) is 13.2 Å². The molecule has 0 spiro atoms. The molecule has 8 heteroatoms. The molecule has 1 aliphatic rings. The SMILES string of the molecule is CN=C(NCCC(F)(F)F)NCC1CCN(CCc2ccccc2)C1.I. The summed E-state index contributed by atoms with van der Waals surface area (Å²) in [6.45, 7) is 3.70. The highest BCUT2D eigenvalue weighted by Crippen LogP contribution is 2.18. The van der Waals surface area contributed by atoms with Crippen molar-refractivity contribution in [1.29, 1.82) is 0 Å². The Balaban J connectivity index is 0.00000338. The zero-order valence-electron chi connectivity index (χ0n) is 15.1. The Hall–Kier alpha value is -1.03. The van der Waals surface area contributed by atoms with E-state index in [0.29, 0.717) is 11.9 Å². The Morgan fingerprint density at radius 1 is 1.23 bits per heavy atom. The Kier molecular flexibility index (Phi) is 10.3. The van der Waals surface area contributed by atoms with E-state index in [4.69, 9.17) is 0 Å². The maximum Gasteiger partial charge on any atom is 0.390 e. The van der Waals surface area contributed by atoms with Crippen LogP contribution in [0.4, 0.5) is 13.2 Å². The van der Waals surface area contributed by atoms with Gasteiger partial charge in [-0.1, -0.05) is 30.3 Å². The molecule has 0 saturated carbocycles. The summed E-state index contributed by atoms with van der Waals surface area (Å²) in [7, 11) is 1.57. The molecule has 1 fully saturated rings. The van der Waals surface area contributed by atoms with Crippen LogP contribution in [0.3, 0.4) is 0 Å². The van der Waals surface area contributed by atoms with Crippen molar-refractivity contribution in [2.45, 2.75) is 25.4 Å². The largest absolute Gasteiger partial charge is 0.390 e. The lowest BCUT2D eigenvalue weighted by molar-refractivity contribution is -0.132. The molecule has 4 nitrogen and oxygen atoms in total. The van der Waals surface area contributed by atoms with E-state index in [9.17, 15) is 13.2 Å². The average molecular weight is 484 g/mol. The minimum Gasteiger partial charge on any atom is -0.356 e. The molecule has 1 aliphatic heterocycles. The number of nitrogens with zero attached hydrogens (tertiary/aromatic N) is 2. The number of hydrogen-bond donors (Lipinski definition) is 2. The van der Waals surface area contributed by atoms with Crippen LogP contribution in [-0.4, -0.2) is 56.8 Å². The van der Waals surface area contributed by atoms with Gasteiger partial charge in [-0.3, -0.25) is 4.99 Å². The standard InChI is InChI=1S/C18H27F3N4.HI/c1-22-17(23-10-9-18(19,20)21)24-13-16-8-12-25(14-16)11-7-15-5-3-2-4-6-15;/h2-6,16H,7-14H2,1H3,(H2,22,23,24);1H. The molecule has 26 heavy (non-hydrogen) atoms. The fourth-order valence-corrected chi connectivity index (χ4v) is 3.00. The normalized spacial score (nSPS) is 18.5. The molecule has 2 N–H and O–H groups in total. The number of nitrogens with one attached hydrogen (secondary N) is 2. The number of benzene rings is 1. The van der Waals surface area contributed by atoms with Gasteiger partial charge < -0.3 is 15.5 Å². The maximum absolute atomic E-state index is 12.2. The second-order valence-electron chi connectivity index (χ2n) is 6.44. The van der Waals surface area contributed by atoms with Crippen molar-refractivity contribution in [3.05, 3.63) is 35.9 Å². The molecular weight excluding hydrogens is 456 g/mol.